The number of imidazole rings is 1. The quantitative estimate of drug-likeness (QED) is 0.482. The number of aromatic nitrogens is 2. The van der Waals surface area contributed by atoms with Gasteiger partial charge in [0, 0.05) is 16.1 Å². The second kappa shape index (κ2) is 7.80. The van der Waals surface area contributed by atoms with Gasteiger partial charge in [-0.2, -0.15) is 0 Å². The van der Waals surface area contributed by atoms with E-state index in [1.807, 2.05) is 0 Å². The highest BCUT2D eigenvalue weighted by Crippen LogP contribution is 2.20. The number of ketones is 1. The molecule has 0 saturated heterocycles. The smallest absolute Gasteiger partial charge is 0.355 e. The molecule has 0 bridgehead atoms. The number of anilines is 1. The van der Waals surface area contributed by atoms with Crippen molar-refractivity contribution in [3.05, 3.63) is 71.1 Å². The van der Waals surface area contributed by atoms with Gasteiger partial charge >= 0.3 is 5.95 Å². The Hall–Kier alpha value is -2.18. The first-order valence-corrected chi connectivity index (χ1v) is 7.73. The topological polar surface area (TPSA) is 51.9 Å². The van der Waals surface area contributed by atoms with Gasteiger partial charge in [0.25, 0.3) is 0 Å². The van der Waals surface area contributed by atoms with Gasteiger partial charge in [0.1, 0.15) is 24.3 Å². The molecular formula is C18H16BrClFN3O. The van der Waals surface area contributed by atoms with Gasteiger partial charge in [-0.05, 0) is 36.4 Å². The minimum atomic E-state index is -0.301. The van der Waals surface area contributed by atoms with Crippen LogP contribution in [0, 0.1) is 5.82 Å². The van der Waals surface area contributed by atoms with Crippen molar-refractivity contribution in [2.75, 3.05) is 5.73 Å². The highest BCUT2D eigenvalue weighted by molar-refractivity contribution is 6.30. The number of benzene rings is 2. The first kappa shape index (κ1) is 19.1. The van der Waals surface area contributed by atoms with E-state index in [0.717, 1.165) is 11.3 Å². The molecule has 0 saturated carbocycles. The van der Waals surface area contributed by atoms with Crippen LogP contribution in [0.4, 0.5) is 10.3 Å². The van der Waals surface area contributed by atoms with E-state index in [9.17, 15) is 9.18 Å². The maximum atomic E-state index is 13.1. The minimum Gasteiger partial charge on any atom is -1.00 e. The minimum absolute atomic E-state index is 0. The Labute approximate surface area is 160 Å². The summed E-state index contributed by atoms with van der Waals surface area (Å²) in [6.07, 6.45) is 1.78. The fraction of sp³-hybridized carbons (Fsp3) is 0.111. The van der Waals surface area contributed by atoms with E-state index in [0.29, 0.717) is 16.5 Å². The van der Waals surface area contributed by atoms with E-state index in [1.165, 1.54) is 12.1 Å². The monoisotopic (exact) mass is 423 g/mol. The molecule has 4 nitrogen and oxygen atoms in total. The Morgan fingerprint density at radius 3 is 2.56 bits per heavy atom. The van der Waals surface area contributed by atoms with E-state index in [-0.39, 0.29) is 35.1 Å². The molecule has 1 heterocycles. The molecule has 3 rings (SSSR count). The second-order valence-electron chi connectivity index (χ2n) is 5.50. The van der Waals surface area contributed by atoms with Gasteiger partial charge in [0.2, 0.25) is 0 Å². The molecule has 0 atom stereocenters. The van der Waals surface area contributed by atoms with Crippen LogP contribution in [0.1, 0.15) is 10.4 Å². The highest BCUT2D eigenvalue weighted by atomic mass is 79.9. The lowest BCUT2D eigenvalue weighted by atomic mass is 10.1. The summed E-state index contributed by atoms with van der Waals surface area (Å²) in [5.41, 5.74) is 8.25. The zero-order chi connectivity index (χ0) is 17.3. The van der Waals surface area contributed by atoms with Crippen LogP contribution in [0.3, 0.4) is 0 Å². The highest BCUT2D eigenvalue weighted by Gasteiger charge is 2.20. The van der Waals surface area contributed by atoms with Crippen molar-refractivity contribution in [1.82, 2.24) is 4.57 Å². The summed E-state index contributed by atoms with van der Waals surface area (Å²) in [5.74, 6) is 0.0418. The summed E-state index contributed by atoms with van der Waals surface area (Å²) in [6.45, 7) is 0.0984. The summed E-state index contributed by atoms with van der Waals surface area (Å²) in [7, 11) is 1.80. The van der Waals surface area contributed by atoms with E-state index in [2.05, 4.69) is 0 Å². The zero-order valence-corrected chi connectivity index (χ0v) is 15.8. The summed E-state index contributed by atoms with van der Waals surface area (Å²) in [4.78, 5) is 12.4. The molecule has 2 aromatic carbocycles. The fourth-order valence-corrected chi connectivity index (χ4v) is 2.73. The second-order valence-corrected chi connectivity index (χ2v) is 5.94. The lowest BCUT2D eigenvalue weighted by Gasteiger charge is -2.01. The van der Waals surface area contributed by atoms with Crippen LogP contribution in [0.25, 0.3) is 11.3 Å². The third-order valence-electron chi connectivity index (χ3n) is 3.88. The number of hydrogen-bond acceptors (Lipinski definition) is 2. The predicted molar refractivity (Wildman–Crippen MR) is 91.2 cm³/mol. The molecule has 0 fully saturated rings. The maximum Gasteiger partial charge on any atom is 0.355 e. The zero-order valence-electron chi connectivity index (χ0n) is 13.4. The molecule has 2 N–H and O–H groups in total. The third-order valence-corrected chi connectivity index (χ3v) is 4.11. The lowest BCUT2D eigenvalue weighted by molar-refractivity contribution is -0.667. The van der Waals surface area contributed by atoms with Crippen molar-refractivity contribution in [1.29, 1.82) is 0 Å². The molecule has 7 heteroatoms. The Bertz CT molecular complexity index is 909. The van der Waals surface area contributed by atoms with Crippen LogP contribution in [-0.2, 0) is 13.6 Å². The molecule has 0 aliphatic rings. The molecule has 3 aromatic rings. The predicted octanol–water partition coefficient (Wildman–Crippen LogP) is 0.241. The van der Waals surface area contributed by atoms with E-state index in [4.69, 9.17) is 17.3 Å². The Kier molecular flexibility index (Phi) is 5.98. The van der Waals surface area contributed by atoms with Gasteiger partial charge in [0.15, 0.2) is 5.78 Å². The van der Waals surface area contributed by atoms with Gasteiger partial charge < -0.3 is 17.0 Å². The molecule has 130 valence electrons. The van der Waals surface area contributed by atoms with Gasteiger partial charge in [-0.3, -0.25) is 10.5 Å². The number of carbonyl (C=O) groups excluding carboxylic acids is 1. The number of hydrogen-bond donors (Lipinski definition) is 1. The van der Waals surface area contributed by atoms with Crippen LogP contribution >= 0.6 is 11.6 Å². The van der Waals surface area contributed by atoms with Crippen LogP contribution in [0.5, 0.6) is 0 Å². The number of nitrogens with zero attached hydrogens (tertiary/aromatic N) is 2. The molecule has 0 spiro atoms. The maximum absolute atomic E-state index is 13.1. The lowest BCUT2D eigenvalue weighted by Crippen LogP contribution is -3.00. The van der Waals surface area contributed by atoms with Crippen molar-refractivity contribution < 1.29 is 30.7 Å². The largest absolute Gasteiger partial charge is 1.00 e. The normalized spacial score (nSPS) is 10.4. The average Bonchev–Trinajstić information content (AvgIpc) is 2.84. The van der Waals surface area contributed by atoms with Crippen molar-refractivity contribution in [2.24, 2.45) is 7.05 Å². The summed E-state index contributed by atoms with van der Waals surface area (Å²) in [6, 6.07) is 12.9. The van der Waals surface area contributed by atoms with Crippen LogP contribution in [0.15, 0.2) is 54.7 Å². The van der Waals surface area contributed by atoms with Gasteiger partial charge in [0.05, 0.1) is 7.05 Å². The molecular weight excluding hydrogens is 409 g/mol. The van der Waals surface area contributed by atoms with Crippen molar-refractivity contribution in [3.8, 4) is 11.3 Å². The van der Waals surface area contributed by atoms with E-state index < -0.39 is 0 Å². The number of nitrogens with two attached hydrogens (primary N) is 1. The molecule has 0 amide bonds. The fourth-order valence-electron chi connectivity index (χ4n) is 2.54. The van der Waals surface area contributed by atoms with Gasteiger partial charge in [-0.15, -0.1) is 0 Å². The molecule has 0 aliphatic carbocycles. The Morgan fingerprint density at radius 2 is 1.92 bits per heavy atom. The van der Waals surface area contributed by atoms with Crippen LogP contribution in [-0.4, -0.2) is 10.4 Å². The summed E-state index contributed by atoms with van der Waals surface area (Å²) >= 11 is 5.93. The van der Waals surface area contributed by atoms with E-state index >= 15 is 0 Å². The number of carbonyl (C=O) groups is 1. The average molecular weight is 425 g/mol. The molecule has 0 aliphatic heterocycles. The molecule has 1 aromatic heterocycles. The van der Waals surface area contributed by atoms with Crippen LogP contribution < -0.4 is 27.3 Å². The van der Waals surface area contributed by atoms with Crippen molar-refractivity contribution in [2.45, 2.75) is 6.54 Å². The summed E-state index contributed by atoms with van der Waals surface area (Å²) in [5, 5.41) is 0.513. The first-order valence-electron chi connectivity index (χ1n) is 7.35. The Balaban J connectivity index is 0.00000225. The number of rotatable bonds is 4. The van der Waals surface area contributed by atoms with Crippen molar-refractivity contribution >= 4 is 23.3 Å². The molecule has 0 radical (unpaired) electrons. The molecule has 25 heavy (non-hydrogen) atoms. The number of halogens is 3. The third kappa shape index (κ3) is 4.08. The van der Waals surface area contributed by atoms with Crippen LogP contribution in [0.2, 0.25) is 5.02 Å². The first-order chi connectivity index (χ1) is 11.5. The molecule has 0 unspecified atom stereocenters. The van der Waals surface area contributed by atoms with Gasteiger partial charge in [-0.25, -0.2) is 13.5 Å². The number of nitrogen functional groups attached to an aromatic ring is 1. The van der Waals surface area contributed by atoms with E-state index in [1.54, 1.807) is 58.8 Å². The number of Topliss-reactive ketones (excluding diaryl/α,β-unsaturated/α-hetero) is 1. The SMILES string of the molecule is Cn1c(-c2ccc(F)cc2)c[n+](CC(=O)c2cccc(Cl)c2)c1N.[Br-]. The van der Waals surface area contributed by atoms with Gasteiger partial charge in [-0.1, -0.05) is 23.7 Å². The standard InChI is InChI=1S/C18H15ClFN3O.BrH/c1-22-16(12-5-7-15(20)8-6-12)10-23(18(22)21)11-17(24)13-3-2-4-14(19)9-13;/h2-10,21H,11H2,1H3;1H. The summed E-state index contributed by atoms with van der Waals surface area (Å²) < 4.78 is 16.5. The Morgan fingerprint density at radius 1 is 1.24 bits per heavy atom. The van der Waals surface area contributed by atoms with Crippen molar-refractivity contribution in [3.63, 3.8) is 0 Å².